The van der Waals surface area contributed by atoms with E-state index in [2.05, 4.69) is 29.6 Å². The van der Waals surface area contributed by atoms with Crippen LogP contribution in [0.2, 0.25) is 0 Å². The lowest BCUT2D eigenvalue weighted by Crippen LogP contribution is -2.35. The molecule has 1 saturated carbocycles. The lowest BCUT2D eigenvalue weighted by atomic mass is 9.74. The SMILES string of the molecule is CCCCCCCCC(=O)N/N=C1/CC2C=CCC12. The summed E-state index contributed by atoms with van der Waals surface area (Å²) in [6.45, 7) is 2.22. The quantitative estimate of drug-likeness (QED) is 0.403. The Bertz CT molecular complexity index is 360. The highest BCUT2D eigenvalue weighted by atomic mass is 16.2. The molecule has 1 N–H and O–H groups in total. The van der Waals surface area contributed by atoms with Crippen LogP contribution < -0.4 is 5.43 Å². The van der Waals surface area contributed by atoms with Crippen LogP contribution >= 0.6 is 0 Å². The summed E-state index contributed by atoms with van der Waals surface area (Å²) < 4.78 is 0. The Kier molecular flexibility index (Phi) is 5.62. The van der Waals surface area contributed by atoms with Gasteiger partial charge in [-0.3, -0.25) is 4.79 Å². The zero-order valence-corrected chi connectivity index (χ0v) is 12.0. The molecule has 2 aliphatic rings. The fraction of sp³-hybridized carbons (Fsp3) is 0.750. The van der Waals surface area contributed by atoms with Crippen LogP contribution in [0.25, 0.3) is 0 Å². The summed E-state index contributed by atoms with van der Waals surface area (Å²) >= 11 is 0. The van der Waals surface area contributed by atoms with Crippen molar-refractivity contribution in [1.29, 1.82) is 0 Å². The molecule has 2 rings (SSSR count). The number of nitrogens with one attached hydrogen (secondary N) is 1. The number of hydrogen-bond acceptors (Lipinski definition) is 2. The molecule has 19 heavy (non-hydrogen) atoms. The molecule has 2 atom stereocenters. The molecule has 2 unspecified atom stereocenters. The number of fused-ring (bicyclic) bond motifs is 1. The summed E-state index contributed by atoms with van der Waals surface area (Å²) in [5, 5.41) is 4.28. The fourth-order valence-electron chi connectivity index (χ4n) is 2.92. The number of rotatable bonds is 8. The van der Waals surface area contributed by atoms with Gasteiger partial charge in [0.1, 0.15) is 0 Å². The first kappa shape index (κ1) is 14.3. The summed E-state index contributed by atoms with van der Waals surface area (Å²) in [5.41, 5.74) is 3.91. The van der Waals surface area contributed by atoms with Crippen molar-refractivity contribution in [2.75, 3.05) is 0 Å². The van der Waals surface area contributed by atoms with E-state index in [1.54, 1.807) is 0 Å². The predicted molar refractivity (Wildman–Crippen MR) is 78.9 cm³/mol. The van der Waals surface area contributed by atoms with Crippen LogP contribution in [0.3, 0.4) is 0 Å². The summed E-state index contributed by atoms with van der Waals surface area (Å²) in [6, 6.07) is 0. The van der Waals surface area contributed by atoms with Gasteiger partial charge in [0.25, 0.3) is 0 Å². The van der Waals surface area contributed by atoms with Gasteiger partial charge in [0.05, 0.1) is 0 Å². The highest BCUT2D eigenvalue weighted by Gasteiger charge is 2.37. The van der Waals surface area contributed by atoms with Crippen molar-refractivity contribution in [2.45, 2.75) is 64.7 Å². The van der Waals surface area contributed by atoms with Crippen LogP contribution in [-0.4, -0.2) is 11.6 Å². The Labute approximate surface area is 116 Å². The van der Waals surface area contributed by atoms with Gasteiger partial charge in [-0.25, -0.2) is 5.43 Å². The maximum Gasteiger partial charge on any atom is 0.240 e. The van der Waals surface area contributed by atoms with Crippen LogP contribution in [0.4, 0.5) is 0 Å². The van der Waals surface area contributed by atoms with E-state index in [0.717, 1.165) is 19.3 Å². The van der Waals surface area contributed by atoms with Gasteiger partial charge in [0.2, 0.25) is 5.91 Å². The van der Waals surface area contributed by atoms with E-state index < -0.39 is 0 Å². The number of amides is 1. The summed E-state index contributed by atoms with van der Waals surface area (Å²) in [4.78, 5) is 11.6. The Morgan fingerprint density at radius 1 is 1.32 bits per heavy atom. The van der Waals surface area contributed by atoms with Crippen molar-refractivity contribution in [3.8, 4) is 0 Å². The first-order valence-corrected chi connectivity index (χ1v) is 7.83. The first-order chi connectivity index (χ1) is 9.31. The molecule has 0 bridgehead atoms. The van der Waals surface area contributed by atoms with Crippen molar-refractivity contribution < 1.29 is 4.79 Å². The third-order valence-electron chi connectivity index (χ3n) is 4.24. The van der Waals surface area contributed by atoms with Gasteiger partial charge in [0, 0.05) is 18.1 Å². The monoisotopic (exact) mass is 262 g/mol. The average Bonchev–Trinajstić information content (AvgIpc) is 2.75. The molecule has 3 heteroatoms. The van der Waals surface area contributed by atoms with E-state index in [0.29, 0.717) is 18.3 Å². The molecule has 1 fully saturated rings. The third-order valence-corrected chi connectivity index (χ3v) is 4.24. The van der Waals surface area contributed by atoms with Crippen molar-refractivity contribution in [2.24, 2.45) is 16.9 Å². The van der Waals surface area contributed by atoms with Gasteiger partial charge in [-0.1, -0.05) is 51.2 Å². The highest BCUT2D eigenvalue weighted by molar-refractivity contribution is 5.94. The van der Waals surface area contributed by atoms with Gasteiger partial charge < -0.3 is 0 Å². The fourth-order valence-corrected chi connectivity index (χ4v) is 2.92. The molecule has 1 amide bonds. The summed E-state index contributed by atoms with van der Waals surface area (Å²) in [6.07, 6.45) is 14.6. The molecule has 0 aromatic heterocycles. The number of carbonyl (C=O) groups excluding carboxylic acids is 1. The van der Waals surface area contributed by atoms with Crippen molar-refractivity contribution in [1.82, 2.24) is 5.43 Å². The number of hydrazone groups is 1. The highest BCUT2D eigenvalue weighted by Crippen LogP contribution is 2.39. The summed E-state index contributed by atoms with van der Waals surface area (Å²) in [7, 11) is 0. The number of allylic oxidation sites excluding steroid dienone is 2. The molecule has 0 spiro atoms. The Morgan fingerprint density at radius 2 is 2.11 bits per heavy atom. The second-order valence-corrected chi connectivity index (χ2v) is 5.79. The van der Waals surface area contributed by atoms with E-state index in [1.165, 1.54) is 37.8 Å². The lowest BCUT2D eigenvalue weighted by molar-refractivity contribution is -0.121. The van der Waals surface area contributed by atoms with Gasteiger partial charge in [-0.05, 0) is 25.2 Å². The van der Waals surface area contributed by atoms with Crippen LogP contribution in [0.5, 0.6) is 0 Å². The van der Waals surface area contributed by atoms with E-state index in [-0.39, 0.29) is 5.91 Å². The second-order valence-electron chi connectivity index (χ2n) is 5.79. The molecule has 0 heterocycles. The number of carbonyl (C=O) groups is 1. The van der Waals surface area contributed by atoms with Gasteiger partial charge in [-0.2, -0.15) is 5.10 Å². The number of unbranched alkanes of at least 4 members (excludes halogenated alkanes) is 5. The van der Waals surface area contributed by atoms with Crippen molar-refractivity contribution in [3.63, 3.8) is 0 Å². The molecular formula is C16H26N2O. The zero-order valence-electron chi connectivity index (χ0n) is 12.0. The molecule has 0 radical (unpaired) electrons. The summed E-state index contributed by atoms with van der Waals surface area (Å²) in [5.74, 6) is 1.38. The molecule has 2 aliphatic carbocycles. The number of hydrogen-bond donors (Lipinski definition) is 1. The first-order valence-electron chi connectivity index (χ1n) is 7.83. The van der Waals surface area contributed by atoms with Crippen LogP contribution in [0.15, 0.2) is 17.3 Å². The maximum absolute atomic E-state index is 11.6. The van der Waals surface area contributed by atoms with E-state index >= 15 is 0 Å². The largest absolute Gasteiger partial charge is 0.273 e. The Balaban J connectivity index is 1.52. The molecule has 106 valence electrons. The minimum Gasteiger partial charge on any atom is -0.273 e. The normalized spacial score (nSPS) is 26.3. The van der Waals surface area contributed by atoms with Crippen molar-refractivity contribution >= 4 is 11.6 Å². The van der Waals surface area contributed by atoms with Gasteiger partial charge in [-0.15, -0.1) is 0 Å². The van der Waals surface area contributed by atoms with Crippen LogP contribution in [-0.2, 0) is 4.79 Å². The molecule has 3 nitrogen and oxygen atoms in total. The number of nitrogens with zero attached hydrogens (tertiary/aromatic N) is 1. The molecule has 0 aliphatic heterocycles. The Morgan fingerprint density at radius 3 is 2.89 bits per heavy atom. The van der Waals surface area contributed by atoms with E-state index in [4.69, 9.17) is 0 Å². The van der Waals surface area contributed by atoms with Gasteiger partial charge >= 0.3 is 0 Å². The average molecular weight is 262 g/mol. The second kappa shape index (κ2) is 7.46. The minimum atomic E-state index is 0.0809. The maximum atomic E-state index is 11.6. The predicted octanol–water partition coefficient (Wildman–Crippen LogP) is 3.81. The molecule has 0 aromatic rings. The van der Waals surface area contributed by atoms with Crippen molar-refractivity contribution in [3.05, 3.63) is 12.2 Å². The topological polar surface area (TPSA) is 41.5 Å². The molecule has 0 saturated heterocycles. The zero-order chi connectivity index (χ0) is 13.5. The smallest absolute Gasteiger partial charge is 0.240 e. The van der Waals surface area contributed by atoms with E-state index in [9.17, 15) is 4.79 Å². The van der Waals surface area contributed by atoms with Crippen LogP contribution in [0, 0.1) is 11.8 Å². The molecule has 0 aromatic carbocycles. The lowest BCUT2D eigenvalue weighted by Gasteiger charge is -2.31. The van der Waals surface area contributed by atoms with E-state index in [1.807, 2.05) is 0 Å². The molecular weight excluding hydrogens is 236 g/mol. The van der Waals surface area contributed by atoms with Crippen LogP contribution in [0.1, 0.15) is 64.7 Å². The Hall–Kier alpha value is -1.12. The minimum absolute atomic E-state index is 0.0809. The van der Waals surface area contributed by atoms with Gasteiger partial charge in [0.15, 0.2) is 0 Å². The third kappa shape index (κ3) is 4.19. The standard InChI is InChI=1S/C16H26N2O/c1-2-3-4-5-6-7-11-16(19)18-17-15-12-13-9-8-10-14(13)15/h8-9,13-14H,2-7,10-12H2,1H3,(H,18,19)/b17-15-.